The van der Waals surface area contributed by atoms with Gasteiger partial charge in [0.15, 0.2) is 5.78 Å². The van der Waals surface area contributed by atoms with E-state index in [0.29, 0.717) is 11.3 Å². The number of aromatic hydroxyl groups is 3. The lowest BCUT2D eigenvalue weighted by molar-refractivity contribution is 0.0836. The van der Waals surface area contributed by atoms with Crippen LogP contribution in [0.5, 0.6) is 28.7 Å². The van der Waals surface area contributed by atoms with Gasteiger partial charge in [-0.1, -0.05) is 6.07 Å². The fraction of sp³-hybridized carbons (Fsp3) is 0.250. The van der Waals surface area contributed by atoms with Crippen molar-refractivity contribution < 1.29 is 29.6 Å². The van der Waals surface area contributed by atoms with E-state index in [1.807, 2.05) is 13.8 Å². The molecule has 6 nitrogen and oxygen atoms in total. The smallest absolute Gasteiger partial charge is 0.174 e. The van der Waals surface area contributed by atoms with E-state index in [9.17, 15) is 20.1 Å². The second-order valence-electron chi connectivity index (χ2n) is 6.99. The Bertz CT molecular complexity index is 937. The number of phenolic OH excluding ortho intramolecular Hbond substituents is 3. The van der Waals surface area contributed by atoms with Crippen LogP contribution in [-0.2, 0) is 0 Å². The Morgan fingerprint density at radius 3 is 2.50 bits per heavy atom. The highest BCUT2D eigenvalue weighted by Gasteiger charge is 2.36. The predicted molar refractivity (Wildman–Crippen MR) is 93.9 cm³/mol. The molecule has 2 aromatic rings. The monoisotopic (exact) mass is 354 g/mol. The number of benzene rings is 2. The second-order valence-corrected chi connectivity index (χ2v) is 6.99. The molecule has 26 heavy (non-hydrogen) atoms. The van der Waals surface area contributed by atoms with Gasteiger partial charge in [0.2, 0.25) is 0 Å². The Kier molecular flexibility index (Phi) is 3.41. The predicted octanol–water partition coefficient (Wildman–Crippen LogP) is 3.69. The Morgan fingerprint density at radius 1 is 1.12 bits per heavy atom. The zero-order valence-electron chi connectivity index (χ0n) is 14.3. The van der Waals surface area contributed by atoms with E-state index in [-0.39, 0.29) is 46.3 Å². The summed E-state index contributed by atoms with van der Waals surface area (Å²) in [6, 6.07) is 5.90. The Hall–Kier alpha value is -3.15. The SMILES string of the molecule is CC1(C)C=Cc2c(cc3c(c2O)C(=O)C[C@@H](c2c(O)cccc2O)O3)O1. The zero-order valence-corrected chi connectivity index (χ0v) is 14.3. The number of carbonyl (C=O) groups is 1. The van der Waals surface area contributed by atoms with Crippen LogP contribution in [0.2, 0.25) is 0 Å². The number of ketones is 1. The van der Waals surface area contributed by atoms with Gasteiger partial charge in [0.1, 0.15) is 46.0 Å². The number of rotatable bonds is 1. The molecule has 0 unspecified atom stereocenters. The molecule has 0 amide bonds. The van der Waals surface area contributed by atoms with Crippen LogP contribution in [0.25, 0.3) is 6.08 Å². The highest BCUT2D eigenvalue weighted by atomic mass is 16.5. The lowest BCUT2D eigenvalue weighted by Gasteiger charge is -2.32. The van der Waals surface area contributed by atoms with Crippen LogP contribution in [0.3, 0.4) is 0 Å². The van der Waals surface area contributed by atoms with E-state index in [1.54, 1.807) is 18.2 Å². The lowest BCUT2D eigenvalue weighted by atomic mass is 9.91. The average Bonchev–Trinajstić information content (AvgIpc) is 2.53. The normalized spacial score (nSPS) is 19.9. The molecular weight excluding hydrogens is 336 g/mol. The van der Waals surface area contributed by atoms with Gasteiger partial charge < -0.3 is 24.8 Å². The van der Waals surface area contributed by atoms with E-state index in [2.05, 4.69) is 0 Å². The molecule has 0 spiro atoms. The number of ether oxygens (including phenoxy) is 2. The summed E-state index contributed by atoms with van der Waals surface area (Å²) in [5.41, 5.74) is 0.110. The number of carbonyl (C=O) groups excluding carboxylic acids is 1. The van der Waals surface area contributed by atoms with Gasteiger partial charge in [-0.2, -0.15) is 0 Å². The van der Waals surface area contributed by atoms with Crippen LogP contribution in [0, 0.1) is 0 Å². The van der Waals surface area contributed by atoms with E-state index in [4.69, 9.17) is 9.47 Å². The van der Waals surface area contributed by atoms with Gasteiger partial charge >= 0.3 is 0 Å². The molecule has 2 aliphatic heterocycles. The average molecular weight is 354 g/mol. The highest BCUT2D eigenvalue weighted by molar-refractivity contribution is 6.04. The van der Waals surface area contributed by atoms with Crippen molar-refractivity contribution in [3.8, 4) is 28.7 Å². The molecule has 2 heterocycles. The minimum Gasteiger partial charge on any atom is -0.507 e. The molecule has 4 rings (SSSR count). The maximum absolute atomic E-state index is 12.7. The molecule has 3 N–H and O–H groups in total. The van der Waals surface area contributed by atoms with E-state index in [0.717, 1.165) is 0 Å². The van der Waals surface area contributed by atoms with Crippen LogP contribution in [0.1, 0.15) is 47.9 Å². The first-order valence-electron chi connectivity index (χ1n) is 8.26. The third-order valence-corrected chi connectivity index (χ3v) is 4.59. The van der Waals surface area contributed by atoms with Crippen molar-refractivity contribution in [2.45, 2.75) is 32.0 Å². The summed E-state index contributed by atoms with van der Waals surface area (Å²) in [6.07, 6.45) is 2.56. The van der Waals surface area contributed by atoms with Gasteiger partial charge in [-0.15, -0.1) is 0 Å². The quantitative estimate of drug-likeness (QED) is 0.723. The molecule has 0 aliphatic carbocycles. The minimum absolute atomic E-state index is 0.0860. The summed E-state index contributed by atoms with van der Waals surface area (Å²) in [5.74, 6) is -0.269. The molecule has 1 atom stereocenters. The minimum atomic E-state index is -0.860. The number of phenols is 3. The summed E-state index contributed by atoms with van der Waals surface area (Å²) in [7, 11) is 0. The van der Waals surface area contributed by atoms with Crippen molar-refractivity contribution >= 4 is 11.9 Å². The number of fused-ring (bicyclic) bond motifs is 2. The van der Waals surface area contributed by atoms with Crippen LogP contribution in [0.4, 0.5) is 0 Å². The van der Waals surface area contributed by atoms with Gasteiger partial charge in [0.05, 0.1) is 17.5 Å². The third-order valence-electron chi connectivity index (χ3n) is 4.59. The van der Waals surface area contributed by atoms with E-state index in [1.165, 1.54) is 18.2 Å². The van der Waals surface area contributed by atoms with Gasteiger partial charge in [0.25, 0.3) is 0 Å². The summed E-state index contributed by atoms with van der Waals surface area (Å²) < 4.78 is 11.7. The lowest BCUT2D eigenvalue weighted by Crippen LogP contribution is -2.28. The molecule has 0 aromatic heterocycles. The van der Waals surface area contributed by atoms with Crippen LogP contribution in [0.15, 0.2) is 30.3 Å². The Balaban J connectivity index is 1.82. The first-order valence-corrected chi connectivity index (χ1v) is 8.26. The number of Topliss-reactive ketones (excluding diaryl/α,β-unsaturated/α-hetero) is 1. The molecule has 0 fully saturated rings. The fourth-order valence-corrected chi connectivity index (χ4v) is 3.34. The topological polar surface area (TPSA) is 96.2 Å². The van der Waals surface area contributed by atoms with Crippen molar-refractivity contribution in [2.75, 3.05) is 0 Å². The molecule has 0 saturated heterocycles. The summed E-state index contributed by atoms with van der Waals surface area (Å²) in [5, 5.41) is 30.7. The molecule has 0 bridgehead atoms. The van der Waals surface area contributed by atoms with Crippen molar-refractivity contribution in [3.05, 3.63) is 47.0 Å². The highest BCUT2D eigenvalue weighted by Crippen LogP contribution is 2.49. The van der Waals surface area contributed by atoms with Gasteiger partial charge in [0, 0.05) is 6.07 Å². The maximum Gasteiger partial charge on any atom is 0.174 e. The largest absolute Gasteiger partial charge is 0.507 e. The molecular formula is C20H18O6. The third kappa shape index (κ3) is 2.45. The first kappa shape index (κ1) is 16.3. The molecule has 2 aromatic carbocycles. The van der Waals surface area contributed by atoms with Crippen molar-refractivity contribution in [1.29, 1.82) is 0 Å². The van der Waals surface area contributed by atoms with Crippen LogP contribution >= 0.6 is 0 Å². The van der Waals surface area contributed by atoms with Crippen molar-refractivity contribution in [3.63, 3.8) is 0 Å². The maximum atomic E-state index is 12.7. The Morgan fingerprint density at radius 2 is 1.81 bits per heavy atom. The van der Waals surface area contributed by atoms with E-state index < -0.39 is 11.7 Å². The second kappa shape index (κ2) is 5.42. The summed E-state index contributed by atoms with van der Waals surface area (Å²) in [4.78, 5) is 12.7. The first-order chi connectivity index (χ1) is 12.3. The fourth-order valence-electron chi connectivity index (χ4n) is 3.34. The molecule has 6 heteroatoms. The molecule has 0 radical (unpaired) electrons. The van der Waals surface area contributed by atoms with Crippen molar-refractivity contribution in [2.24, 2.45) is 0 Å². The van der Waals surface area contributed by atoms with Crippen LogP contribution < -0.4 is 9.47 Å². The standard InChI is InChI=1S/C20H18O6/c1-20(2)7-6-10-14(26-20)9-16-18(19(10)24)13(23)8-15(25-16)17-11(21)4-3-5-12(17)22/h3-7,9,15,21-22,24H,8H2,1-2H3/t15-/m0/s1. The zero-order chi connectivity index (χ0) is 18.6. The molecule has 134 valence electrons. The molecule has 0 saturated carbocycles. The van der Waals surface area contributed by atoms with Gasteiger partial charge in [-0.3, -0.25) is 4.79 Å². The Labute approximate surface area is 149 Å². The molecule has 2 aliphatic rings. The van der Waals surface area contributed by atoms with Crippen molar-refractivity contribution in [1.82, 2.24) is 0 Å². The van der Waals surface area contributed by atoms with Crippen LogP contribution in [-0.4, -0.2) is 26.7 Å². The van der Waals surface area contributed by atoms with Gasteiger partial charge in [-0.25, -0.2) is 0 Å². The van der Waals surface area contributed by atoms with Gasteiger partial charge in [-0.05, 0) is 38.1 Å². The number of hydrogen-bond donors (Lipinski definition) is 3. The summed E-state index contributed by atoms with van der Waals surface area (Å²) >= 11 is 0. The summed E-state index contributed by atoms with van der Waals surface area (Å²) in [6.45, 7) is 3.75. The number of hydrogen-bond acceptors (Lipinski definition) is 6. The van der Waals surface area contributed by atoms with E-state index >= 15 is 0 Å².